The van der Waals surface area contributed by atoms with Gasteiger partial charge in [-0.1, -0.05) is 30.5 Å². The number of methoxy groups -OCH3 is 1. The molecule has 2 aromatic rings. The largest absolute Gasteiger partial charge is 0.497 e. The van der Waals surface area contributed by atoms with Crippen LogP contribution in [0.3, 0.4) is 0 Å². The number of benzene rings is 2. The van der Waals surface area contributed by atoms with Crippen molar-refractivity contribution in [2.24, 2.45) is 0 Å². The molecule has 0 radical (unpaired) electrons. The summed E-state index contributed by atoms with van der Waals surface area (Å²) in [6.07, 6.45) is 4.07. The number of hydrogen-bond donors (Lipinski definition) is 1. The molecule has 0 heterocycles. The van der Waals surface area contributed by atoms with Crippen LogP contribution in [0.4, 0.5) is 5.69 Å². The molecular formula is C21H26N2O4S. The van der Waals surface area contributed by atoms with Crippen LogP contribution < -0.4 is 14.4 Å². The highest BCUT2D eigenvalue weighted by molar-refractivity contribution is 7.92. The first kappa shape index (κ1) is 20.2. The molecule has 1 saturated carbocycles. The second-order valence-corrected chi connectivity index (χ2v) is 8.93. The molecule has 0 saturated heterocycles. The number of carbonyl (C=O) groups is 1. The first-order valence-corrected chi connectivity index (χ1v) is 10.9. The van der Waals surface area contributed by atoms with Gasteiger partial charge in [0, 0.05) is 6.04 Å². The first-order valence-electron chi connectivity index (χ1n) is 9.43. The monoisotopic (exact) mass is 402 g/mol. The summed E-state index contributed by atoms with van der Waals surface area (Å²) in [6, 6.07) is 13.4. The molecule has 1 amide bonds. The van der Waals surface area contributed by atoms with Crippen LogP contribution in [0, 0.1) is 6.92 Å². The van der Waals surface area contributed by atoms with Crippen molar-refractivity contribution in [2.45, 2.75) is 43.5 Å². The zero-order chi connectivity index (χ0) is 20.1. The average molecular weight is 403 g/mol. The van der Waals surface area contributed by atoms with Gasteiger partial charge in [-0.3, -0.25) is 9.10 Å². The predicted molar refractivity (Wildman–Crippen MR) is 109 cm³/mol. The van der Waals surface area contributed by atoms with Gasteiger partial charge in [0.15, 0.2) is 0 Å². The molecule has 0 atom stereocenters. The Morgan fingerprint density at radius 3 is 2.25 bits per heavy atom. The van der Waals surface area contributed by atoms with Gasteiger partial charge < -0.3 is 10.1 Å². The van der Waals surface area contributed by atoms with E-state index in [2.05, 4.69) is 5.32 Å². The van der Waals surface area contributed by atoms with Gasteiger partial charge in [-0.05, 0) is 56.2 Å². The highest BCUT2D eigenvalue weighted by Gasteiger charge is 2.28. The SMILES string of the molecule is COc1ccc(N(CC(=O)NC2CCCC2)S(=O)(=O)c2ccc(C)cc2)cc1. The van der Waals surface area contributed by atoms with Crippen LogP contribution in [0.1, 0.15) is 31.2 Å². The number of aryl methyl sites for hydroxylation is 1. The molecule has 0 aliphatic heterocycles. The van der Waals surface area contributed by atoms with Gasteiger partial charge in [-0.25, -0.2) is 8.42 Å². The lowest BCUT2D eigenvalue weighted by molar-refractivity contribution is -0.120. The van der Waals surface area contributed by atoms with Gasteiger partial charge in [-0.2, -0.15) is 0 Å². The van der Waals surface area contributed by atoms with Gasteiger partial charge in [0.2, 0.25) is 5.91 Å². The molecule has 7 heteroatoms. The molecule has 28 heavy (non-hydrogen) atoms. The Bertz CT molecular complexity index is 902. The third-order valence-electron chi connectivity index (χ3n) is 4.98. The molecule has 150 valence electrons. The lowest BCUT2D eigenvalue weighted by Crippen LogP contribution is -2.43. The Labute approximate surface area is 166 Å². The third kappa shape index (κ3) is 4.65. The zero-order valence-electron chi connectivity index (χ0n) is 16.2. The van der Waals surface area contributed by atoms with E-state index in [-0.39, 0.29) is 23.4 Å². The molecule has 0 bridgehead atoms. The maximum absolute atomic E-state index is 13.3. The van der Waals surface area contributed by atoms with Gasteiger partial charge >= 0.3 is 0 Å². The number of hydrogen-bond acceptors (Lipinski definition) is 4. The van der Waals surface area contributed by atoms with Crippen LogP contribution >= 0.6 is 0 Å². The molecule has 1 aliphatic rings. The first-order chi connectivity index (χ1) is 13.4. The Morgan fingerprint density at radius 1 is 1.07 bits per heavy atom. The highest BCUT2D eigenvalue weighted by atomic mass is 32.2. The summed E-state index contributed by atoms with van der Waals surface area (Å²) < 4.78 is 32.9. The van der Waals surface area contributed by atoms with E-state index in [1.54, 1.807) is 55.6 Å². The maximum atomic E-state index is 13.3. The smallest absolute Gasteiger partial charge is 0.264 e. The van der Waals surface area contributed by atoms with E-state index in [1.165, 1.54) is 0 Å². The zero-order valence-corrected chi connectivity index (χ0v) is 17.0. The minimum absolute atomic E-state index is 0.132. The number of carbonyl (C=O) groups excluding carboxylic acids is 1. The lowest BCUT2D eigenvalue weighted by atomic mass is 10.2. The van der Waals surface area contributed by atoms with E-state index < -0.39 is 10.0 Å². The fourth-order valence-electron chi connectivity index (χ4n) is 3.37. The molecule has 1 aliphatic carbocycles. The average Bonchev–Trinajstić information content (AvgIpc) is 3.19. The van der Waals surface area contributed by atoms with Crippen molar-refractivity contribution >= 4 is 21.6 Å². The summed E-state index contributed by atoms with van der Waals surface area (Å²) in [5.41, 5.74) is 1.39. The summed E-state index contributed by atoms with van der Waals surface area (Å²) in [5.74, 6) is 0.324. The number of nitrogens with zero attached hydrogens (tertiary/aromatic N) is 1. The van der Waals surface area contributed by atoms with Crippen LogP contribution in [0.15, 0.2) is 53.4 Å². The topological polar surface area (TPSA) is 75.7 Å². The van der Waals surface area contributed by atoms with Crippen LogP contribution in [0.5, 0.6) is 5.75 Å². The standard InChI is InChI=1S/C21H26N2O4S/c1-16-7-13-20(14-8-16)28(25,26)23(18-9-11-19(27-2)12-10-18)15-21(24)22-17-5-3-4-6-17/h7-14,17H,3-6,15H2,1-2H3,(H,22,24). The number of nitrogens with one attached hydrogen (secondary N) is 1. The molecule has 1 fully saturated rings. The highest BCUT2D eigenvalue weighted by Crippen LogP contribution is 2.26. The van der Waals surface area contributed by atoms with E-state index >= 15 is 0 Å². The fourth-order valence-corrected chi connectivity index (χ4v) is 4.80. The molecular weight excluding hydrogens is 376 g/mol. The van der Waals surface area contributed by atoms with Crippen molar-refractivity contribution in [3.8, 4) is 5.75 Å². The molecule has 6 nitrogen and oxygen atoms in total. The van der Waals surface area contributed by atoms with E-state index in [9.17, 15) is 13.2 Å². The van der Waals surface area contributed by atoms with Crippen molar-refractivity contribution in [3.63, 3.8) is 0 Å². The Hall–Kier alpha value is -2.54. The van der Waals surface area contributed by atoms with Crippen molar-refractivity contribution < 1.29 is 17.9 Å². The molecule has 0 unspecified atom stereocenters. The number of rotatable bonds is 7. The van der Waals surface area contributed by atoms with Gasteiger partial charge in [-0.15, -0.1) is 0 Å². The molecule has 0 spiro atoms. The maximum Gasteiger partial charge on any atom is 0.264 e. The van der Waals surface area contributed by atoms with Gasteiger partial charge in [0.05, 0.1) is 17.7 Å². The van der Waals surface area contributed by atoms with Crippen molar-refractivity contribution in [2.75, 3.05) is 18.0 Å². The van der Waals surface area contributed by atoms with Gasteiger partial charge in [0.25, 0.3) is 10.0 Å². The summed E-state index contributed by atoms with van der Waals surface area (Å²) in [5, 5.41) is 2.96. The number of amides is 1. The second kappa shape index (κ2) is 8.65. The summed E-state index contributed by atoms with van der Waals surface area (Å²) in [6.45, 7) is 1.63. The quantitative estimate of drug-likeness (QED) is 0.771. The lowest BCUT2D eigenvalue weighted by Gasteiger charge is -2.25. The van der Waals surface area contributed by atoms with E-state index in [0.29, 0.717) is 11.4 Å². The van der Waals surface area contributed by atoms with Crippen molar-refractivity contribution in [1.82, 2.24) is 5.32 Å². The normalized spacial score (nSPS) is 14.6. The summed E-state index contributed by atoms with van der Waals surface area (Å²) in [4.78, 5) is 12.8. The number of anilines is 1. The second-order valence-electron chi connectivity index (χ2n) is 7.07. The van der Waals surface area contributed by atoms with Crippen LogP contribution in [0.2, 0.25) is 0 Å². The van der Waals surface area contributed by atoms with E-state index in [1.807, 2.05) is 6.92 Å². The fraction of sp³-hybridized carbons (Fsp3) is 0.381. The molecule has 1 N–H and O–H groups in total. The molecule has 0 aromatic heterocycles. The van der Waals surface area contributed by atoms with Crippen molar-refractivity contribution in [3.05, 3.63) is 54.1 Å². The predicted octanol–water partition coefficient (Wildman–Crippen LogP) is 3.26. The van der Waals surface area contributed by atoms with Crippen LogP contribution in [-0.2, 0) is 14.8 Å². The number of ether oxygens (including phenoxy) is 1. The van der Waals surface area contributed by atoms with Crippen molar-refractivity contribution in [1.29, 1.82) is 0 Å². The van der Waals surface area contributed by atoms with Gasteiger partial charge in [0.1, 0.15) is 12.3 Å². The molecule has 2 aromatic carbocycles. The van der Waals surface area contributed by atoms with Crippen LogP contribution in [-0.4, -0.2) is 34.0 Å². The Balaban J connectivity index is 1.90. The van der Waals surface area contributed by atoms with Crippen LogP contribution in [0.25, 0.3) is 0 Å². The molecule has 3 rings (SSSR count). The van der Waals surface area contributed by atoms with E-state index in [4.69, 9.17) is 4.74 Å². The minimum atomic E-state index is -3.89. The third-order valence-corrected chi connectivity index (χ3v) is 6.76. The summed E-state index contributed by atoms with van der Waals surface area (Å²) in [7, 11) is -2.34. The Kier molecular flexibility index (Phi) is 6.24. The Morgan fingerprint density at radius 2 is 1.68 bits per heavy atom. The summed E-state index contributed by atoms with van der Waals surface area (Å²) >= 11 is 0. The van der Waals surface area contributed by atoms with E-state index in [0.717, 1.165) is 35.6 Å². The number of sulfonamides is 1. The minimum Gasteiger partial charge on any atom is -0.497 e.